The van der Waals surface area contributed by atoms with Crippen LogP contribution in [0.4, 0.5) is 0 Å². The van der Waals surface area contributed by atoms with Crippen LogP contribution in [0.15, 0.2) is 18.2 Å². The molecule has 0 aliphatic carbocycles. The van der Waals surface area contributed by atoms with E-state index in [1.54, 1.807) is 18.2 Å². The molecule has 0 aliphatic rings. The molecular weight excluding hydrogens is 168 g/mol. The molecule has 1 aromatic rings. The van der Waals surface area contributed by atoms with Gasteiger partial charge in [0.1, 0.15) is 0 Å². The van der Waals surface area contributed by atoms with E-state index in [-0.39, 0.29) is 5.97 Å². The number of methoxy groups -OCH3 is 1. The summed E-state index contributed by atoms with van der Waals surface area (Å²) in [6.45, 7) is 5.06. The van der Waals surface area contributed by atoms with Gasteiger partial charge >= 0.3 is 5.97 Å². The van der Waals surface area contributed by atoms with Gasteiger partial charge in [-0.3, -0.25) is 4.79 Å². The summed E-state index contributed by atoms with van der Waals surface area (Å²) in [6, 6.07) is 5.15. The lowest BCUT2D eigenvalue weighted by atomic mass is 10.2. The fourth-order valence-corrected chi connectivity index (χ4v) is 0.956. The van der Waals surface area contributed by atoms with Crippen molar-refractivity contribution in [2.24, 2.45) is 0 Å². The molecule has 0 bridgehead atoms. The predicted molar refractivity (Wildman–Crippen MR) is 48.8 cm³/mol. The number of hydrogen-bond acceptors (Lipinski definition) is 3. The van der Waals surface area contributed by atoms with Crippen molar-refractivity contribution in [3.8, 4) is 11.5 Å². The number of carbonyl (C=O) groups excluding carboxylic acids is 1. The zero-order valence-corrected chi connectivity index (χ0v) is 7.66. The molecule has 3 nitrogen and oxygen atoms in total. The summed E-state index contributed by atoms with van der Waals surface area (Å²) in [5.74, 6) is 0.564. The van der Waals surface area contributed by atoms with Crippen molar-refractivity contribution >= 4 is 5.97 Å². The monoisotopic (exact) mass is 179 g/mol. The van der Waals surface area contributed by atoms with Crippen molar-refractivity contribution in [2.45, 2.75) is 6.92 Å². The van der Waals surface area contributed by atoms with E-state index in [4.69, 9.17) is 9.47 Å². The summed E-state index contributed by atoms with van der Waals surface area (Å²) in [5, 5.41) is 0. The van der Waals surface area contributed by atoms with Crippen LogP contribution in [0.1, 0.15) is 12.5 Å². The van der Waals surface area contributed by atoms with Crippen LogP contribution in [0.5, 0.6) is 11.5 Å². The zero-order chi connectivity index (χ0) is 9.84. The molecule has 3 heteroatoms. The molecule has 0 saturated carbocycles. The first-order valence-electron chi connectivity index (χ1n) is 3.82. The second-order valence-corrected chi connectivity index (χ2v) is 2.58. The van der Waals surface area contributed by atoms with Crippen molar-refractivity contribution in [3.05, 3.63) is 30.7 Å². The fourth-order valence-electron chi connectivity index (χ4n) is 0.956. The van der Waals surface area contributed by atoms with Crippen molar-refractivity contribution in [1.82, 2.24) is 0 Å². The minimum absolute atomic E-state index is 0.371. The van der Waals surface area contributed by atoms with Crippen LogP contribution in [0, 0.1) is 6.92 Å². The molecule has 0 aromatic heterocycles. The van der Waals surface area contributed by atoms with Crippen molar-refractivity contribution in [2.75, 3.05) is 7.11 Å². The topological polar surface area (TPSA) is 35.5 Å². The van der Waals surface area contributed by atoms with E-state index in [1.807, 2.05) is 0 Å². The average molecular weight is 179 g/mol. The first-order chi connectivity index (χ1) is 6.13. The van der Waals surface area contributed by atoms with Gasteiger partial charge in [0.25, 0.3) is 0 Å². The maximum atomic E-state index is 10.7. The highest BCUT2D eigenvalue weighted by Crippen LogP contribution is 2.27. The number of esters is 1. The Morgan fingerprint density at radius 2 is 2.08 bits per heavy atom. The van der Waals surface area contributed by atoms with E-state index in [1.165, 1.54) is 14.0 Å². The van der Waals surface area contributed by atoms with Crippen molar-refractivity contribution in [3.63, 3.8) is 0 Å². The first-order valence-corrected chi connectivity index (χ1v) is 3.82. The van der Waals surface area contributed by atoms with Crippen LogP contribution in [0.2, 0.25) is 0 Å². The van der Waals surface area contributed by atoms with Gasteiger partial charge in [0.2, 0.25) is 0 Å². The van der Waals surface area contributed by atoms with E-state index >= 15 is 0 Å². The van der Waals surface area contributed by atoms with Crippen LogP contribution in [0.25, 0.3) is 0 Å². The fraction of sp³-hybridized carbons (Fsp3) is 0.200. The van der Waals surface area contributed by atoms with E-state index in [9.17, 15) is 4.79 Å². The molecule has 0 fully saturated rings. The molecule has 0 aliphatic heterocycles. The third-order valence-electron chi connectivity index (χ3n) is 1.48. The molecule has 1 rings (SSSR count). The van der Waals surface area contributed by atoms with E-state index in [0.717, 1.165) is 5.56 Å². The number of carbonyl (C=O) groups is 1. The number of rotatable bonds is 2. The van der Waals surface area contributed by atoms with E-state index < -0.39 is 0 Å². The molecule has 0 unspecified atom stereocenters. The maximum Gasteiger partial charge on any atom is 0.308 e. The number of hydrogen-bond donors (Lipinski definition) is 0. The predicted octanol–water partition coefficient (Wildman–Crippen LogP) is 1.80. The lowest BCUT2D eigenvalue weighted by Gasteiger charge is -2.07. The van der Waals surface area contributed by atoms with Crippen LogP contribution >= 0.6 is 0 Å². The molecule has 1 aromatic carbocycles. The lowest BCUT2D eigenvalue weighted by molar-refractivity contribution is -0.132. The molecule has 69 valence electrons. The van der Waals surface area contributed by atoms with Gasteiger partial charge < -0.3 is 9.47 Å². The van der Waals surface area contributed by atoms with Crippen LogP contribution < -0.4 is 9.47 Å². The molecule has 0 N–H and O–H groups in total. The van der Waals surface area contributed by atoms with Crippen LogP contribution in [-0.4, -0.2) is 13.1 Å². The Hall–Kier alpha value is -1.51. The van der Waals surface area contributed by atoms with Crippen LogP contribution in [-0.2, 0) is 4.79 Å². The Morgan fingerprint density at radius 3 is 2.62 bits per heavy atom. The molecule has 13 heavy (non-hydrogen) atoms. The highest BCUT2D eigenvalue weighted by molar-refractivity contribution is 5.70. The molecule has 0 spiro atoms. The Balaban J connectivity index is 3.01. The summed E-state index contributed by atoms with van der Waals surface area (Å²) in [4.78, 5) is 10.7. The maximum absolute atomic E-state index is 10.7. The molecule has 0 heterocycles. The third kappa shape index (κ3) is 2.47. The highest BCUT2D eigenvalue weighted by atomic mass is 16.6. The second-order valence-electron chi connectivity index (χ2n) is 2.58. The van der Waals surface area contributed by atoms with E-state index in [2.05, 4.69) is 6.92 Å². The average Bonchev–Trinajstić information content (AvgIpc) is 2.03. The second kappa shape index (κ2) is 3.94. The summed E-state index contributed by atoms with van der Waals surface area (Å²) in [7, 11) is 1.52. The lowest BCUT2D eigenvalue weighted by Crippen LogP contribution is -2.03. The highest BCUT2D eigenvalue weighted by Gasteiger charge is 2.05. The van der Waals surface area contributed by atoms with Gasteiger partial charge in [0.15, 0.2) is 11.5 Å². The smallest absolute Gasteiger partial charge is 0.308 e. The zero-order valence-electron chi connectivity index (χ0n) is 7.66. The van der Waals surface area contributed by atoms with Gasteiger partial charge in [-0.25, -0.2) is 0 Å². The Labute approximate surface area is 77.3 Å². The Morgan fingerprint density at radius 1 is 1.38 bits per heavy atom. The summed E-state index contributed by atoms with van der Waals surface area (Å²) in [5.41, 5.74) is 0.775. The van der Waals surface area contributed by atoms with Gasteiger partial charge in [-0.05, 0) is 24.6 Å². The largest absolute Gasteiger partial charge is 0.493 e. The van der Waals surface area contributed by atoms with Gasteiger partial charge in [0.05, 0.1) is 7.11 Å². The summed E-state index contributed by atoms with van der Waals surface area (Å²) < 4.78 is 9.91. The van der Waals surface area contributed by atoms with Crippen molar-refractivity contribution in [1.29, 1.82) is 0 Å². The van der Waals surface area contributed by atoms with Gasteiger partial charge in [0, 0.05) is 6.92 Å². The van der Waals surface area contributed by atoms with Crippen LogP contribution in [0.3, 0.4) is 0 Å². The molecule has 0 amide bonds. The molecular formula is C10H11O3. The third-order valence-corrected chi connectivity index (χ3v) is 1.48. The Bertz CT molecular complexity index is 318. The quantitative estimate of drug-likeness (QED) is 0.513. The number of benzene rings is 1. The van der Waals surface area contributed by atoms with Gasteiger partial charge in [-0.2, -0.15) is 0 Å². The first kappa shape index (κ1) is 9.58. The standard InChI is InChI=1S/C10H11O3/c1-7-4-5-9(12-3)10(6-7)13-8(2)11/h4-6H,1H2,2-3H3. The van der Waals surface area contributed by atoms with Crippen molar-refractivity contribution < 1.29 is 14.3 Å². The molecule has 0 atom stereocenters. The SMILES string of the molecule is [CH2]c1ccc(OC)c(OC(C)=O)c1. The minimum Gasteiger partial charge on any atom is -0.493 e. The molecule has 1 radical (unpaired) electrons. The summed E-state index contributed by atoms with van der Waals surface area (Å²) >= 11 is 0. The number of ether oxygens (including phenoxy) is 2. The van der Waals surface area contributed by atoms with Gasteiger partial charge in [-0.15, -0.1) is 0 Å². The van der Waals surface area contributed by atoms with Gasteiger partial charge in [-0.1, -0.05) is 6.07 Å². The summed E-state index contributed by atoms with van der Waals surface area (Å²) in [6.07, 6.45) is 0. The molecule has 0 saturated heterocycles. The van der Waals surface area contributed by atoms with E-state index in [0.29, 0.717) is 11.5 Å². The normalized spacial score (nSPS) is 9.46. The minimum atomic E-state index is -0.371. The Kier molecular flexibility index (Phi) is 2.90.